The van der Waals surface area contributed by atoms with Crippen molar-refractivity contribution in [2.24, 2.45) is 0 Å². The first-order valence-corrected chi connectivity index (χ1v) is 4.05. The lowest BCUT2D eigenvalue weighted by Gasteiger charge is -2.05. The van der Waals surface area contributed by atoms with Gasteiger partial charge in [0.15, 0.2) is 0 Å². The largest absolute Gasteiger partial charge is 0.0957 e. The summed E-state index contributed by atoms with van der Waals surface area (Å²) in [7, 11) is 1.31. The summed E-state index contributed by atoms with van der Waals surface area (Å²) in [6, 6.07) is 0. The van der Waals surface area contributed by atoms with Crippen LogP contribution in [0.5, 0.6) is 0 Å². The van der Waals surface area contributed by atoms with Gasteiger partial charge in [0.25, 0.3) is 0 Å². The maximum absolute atomic E-state index is 2.41. The van der Waals surface area contributed by atoms with E-state index in [1.807, 2.05) is 0 Å². The molecule has 0 spiro atoms. The molecule has 0 aliphatic heterocycles. The van der Waals surface area contributed by atoms with E-state index in [1.165, 1.54) is 35.9 Å². The Bertz CT molecular complexity index is 84.2. The fourth-order valence-electron chi connectivity index (χ4n) is 0.999. The van der Waals surface area contributed by atoms with Gasteiger partial charge >= 0.3 is 0 Å². The topological polar surface area (TPSA) is 0 Å². The molecule has 0 N–H and O–H groups in total. The Morgan fingerprint density at radius 2 is 2.29 bits per heavy atom. The van der Waals surface area contributed by atoms with Crippen LogP contribution in [0, 0.1) is 0 Å². The zero-order valence-electron chi connectivity index (χ0n) is 4.91. The van der Waals surface area contributed by atoms with Crippen LogP contribution < -0.4 is 0 Å². The minimum absolute atomic E-state index is 1.31. The van der Waals surface area contributed by atoms with E-state index in [4.69, 9.17) is 0 Å². The highest BCUT2D eigenvalue weighted by atomic mass is 28.1. The monoisotopic (exact) mass is 112 g/mol. The Labute approximate surface area is 48.0 Å². The summed E-state index contributed by atoms with van der Waals surface area (Å²) < 4.78 is 0. The Balaban J connectivity index is 2.40. The summed E-state index contributed by atoms with van der Waals surface area (Å²) in [5, 5.41) is 1.73. The lowest BCUT2D eigenvalue weighted by atomic mass is 10.1. The van der Waals surface area contributed by atoms with Crippen LogP contribution in [0.3, 0.4) is 0 Å². The van der Waals surface area contributed by atoms with E-state index in [0.717, 1.165) is 0 Å². The second kappa shape index (κ2) is 2.31. The van der Waals surface area contributed by atoms with Crippen LogP contribution in [-0.2, 0) is 0 Å². The molecule has 40 valence electrons. The van der Waals surface area contributed by atoms with E-state index in [0.29, 0.717) is 0 Å². The van der Waals surface area contributed by atoms with Gasteiger partial charge in [-0.1, -0.05) is 11.3 Å². The minimum Gasteiger partial charge on any atom is -0.0957 e. The molecular formula is C6H12Si. The van der Waals surface area contributed by atoms with Crippen molar-refractivity contribution in [3.05, 3.63) is 11.3 Å². The molecule has 0 saturated heterocycles. The highest BCUT2D eigenvalue weighted by Gasteiger charge is 1.95. The van der Waals surface area contributed by atoms with Crippen molar-refractivity contribution in [3.8, 4) is 0 Å². The van der Waals surface area contributed by atoms with Crippen LogP contribution in [0.4, 0.5) is 0 Å². The Morgan fingerprint density at radius 1 is 1.43 bits per heavy atom. The first kappa shape index (κ1) is 5.10. The van der Waals surface area contributed by atoms with Gasteiger partial charge in [0.1, 0.15) is 0 Å². The van der Waals surface area contributed by atoms with Crippen LogP contribution >= 0.6 is 0 Å². The molecule has 0 aromatic heterocycles. The highest BCUT2D eigenvalue weighted by Crippen LogP contribution is 2.13. The standard InChI is InChI=1S/C6H12Si/c7-6-4-2-1-3-5-6/h4H,1-3,5H2,7H3. The summed E-state index contributed by atoms with van der Waals surface area (Å²) in [6.45, 7) is 0. The molecule has 7 heavy (non-hydrogen) atoms. The average molecular weight is 112 g/mol. The first-order valence-electron chi connectivity index (χ1n) is 3.05. The summed E-state index contributed by atoms with van der Waals surface area (Å²) >= 11 is 0. The average Bonchev–Trinajstić information content (AvgIpc) is 1.69. The Kier molecular flexibility index (Phi) is 1.68. The summed E-state index contributed by atoms with van der Waals surface area (Å²) in [4.78, 5) is 0. The van der Waals surface area contributed by atoms with Gasteiger partial charge in [-0.15, -0.1) is 0 Å². The van der Waals surface area contributed by atoms with Gasteiger partial charge in [0.05, 0.1) is 0 Å². The fourth-order valence-corrected chi connectivity index (χ4v) is 1.64. The van der Waals surface area contributed by atoms with Gasteiger partial charge in [0, 0.05) is 10.2 Å². The van der Waals surface area contributed by atoms with Crippen molar-refractivity contribution in [2.45, 2.75) is 25.7 Å². The molecule has 0 atom stereocenters. The van der Waals surface area contributed by atoms with Crippen molar-refractivity contribution in [3.63, 3.8) is 0 Å². The maximum Gasteiger partial charge on any atom is 0.0328 e. The summed E-state index contributed by atoms with van der Waals surface area (Å²) in [5.74, 6) is 0. The molecular weight excluding hydrogens is 100 g/mol. The van der Waals surface area contributed by atoms with Gasteiger partial charge in [0.2, 0.25) is 0 Å². The molecule has 1 aliphatic carbocycles. The second-order valence-electron chi connectivity index (χ2n) is 2.30. The van der Waals surface area contributed by atoms with Crippen LogP contribution in [0.2, 0.25) is 0 Å². The molecule has 0 aromatic carbocycles. The Morgan fingerprint density at radius 3 is 2.57 bits per heavy atom. The zero-order valence-corrected chi connectivity index (χ0v) is 6.91. The lowest BCUT2D eigenvalue weighted by molar-refractivity contribution is 0.721. The molecule has 0 bridgehead atoms. The molecule has 1 rings (SSSR count). The third-order valence-corrected chi connectivity index (χ3v) is 2.43. The normalized spacial score (nSPS) is 22.0. The lowest BCUT2D eigenvalue weighted by Crippen LogP contribution is -1.89. The molecule has 0 aromatic rings. The van der Waals surface area contributed by atoms with Crippen molar-refractivity contribution >= 4 is 10.2 Å². The van der Waals surface area contributed by atoms with E-state index >= 15 is 0 Å². The maximum atomic E-state index is 2.41. The number of allylic oxidation sites excluding steroid dienone is 2. The quantitative estimate of drug-likeness (QED) is 0.407. The van der Waals surface area contributed by atoms with Gasteiger partial charge in [-0.3, -0.25) is 0 Å². The van der Waals surface area contributed by atoms with Crippen LogP contribution in [-0.4, -0.2) is 10.2 Å². The van der Waals surface area contributed by atoms with E-state index in [9.17, 15) is 0 Å². The number of hydrogen-bond donors (Lipinski definition) is 0. The van der Waals surface area contributed by atoms with Crippen molar-refractivity contribution in [2.75, 3.05) is 0 Å². The molecule has 1 heteroatoms. The first-order chi connectivity index (χ1) is 3.39. The van der Waals surface area contributed by atoms with Crippen molar-refractivity contribution < 1.29 is 0 Å². The van der Waals surface area contributed by atoms with Crippen molar-refractivity contribution in [1.29, 1.82) is 0 Å². The number of rotatable bonds is 0. The summed E-state index contributed by atoms with van der Waals surface area (Å²) in [6.07, 6.45) is 8.07. The van der Waals surface area contributed by atoms with Crippen LogP contribution in [0.1, 0.15) is 25.7 Å². The third-order valence-electron chi connectivity index (χ3n) is 1.52. The molecule has 0 radical (unpaired) electrons. The van der Waals surface area contributed by atoms with Crippen LogP contribution in [0.25, 0.3) is 0 Å². The van der Waals surface area contributed by atoms with Crippen LogP contribution in [0.15, 0.2) is 11.3 Å². The zero-order chi connectivity index (χ0) is 5.11. The second-order valence-corrected chi connectivity index (χ2v) is 3.58. The van der Waals surface area contributed by atoms with Gasteiger partial charge in [-0.05, 0) is 25.7 Å². The van der Waals surface area contributed by atoms with Gasteiger partial charge < -0.3 is 0 Å². The van der Waals surface area contributed by atoms with Crippen molar-refractivity contribution in [1.82, 2.24) is 0 Å². The smallest absolute Gasteiger partial charge is 0.0328 e. The molecule has 0 saturated carbocycles. The highest BCUT2D eigenvalue weighted by molar-refractivity contribution is 6.21. The van der Waals surface area contributed by atoms with E-state index in [1.54, 1.807) is 5.20 Å². The molecule has 0 fully saturated rings. The van der Waals surface area contributed by atoms with Gasteiger partial charge in [-0.25, -0.2) is 0 Å². The predicted octanol–water partition coefficient (Wildman–Crippen LogP) is 0.810. The van der Waals surface area contributed by atoms with Gasteiger partial charge in [-0.2, -0.15) is 0 Å². The Hall–Kier alpha value is -0.0431. The summed E-state index contributed by atoms with van der Waals surface area (Å²) in [5.41, 5.74) is 0. The van der Waals surface area contributed by atoms with E-state index in [2.05, 4.69) is 6.08 Å². The number of hydrogen-bond acceptors (Lipinski definition) is 0. The molecule has 0 nitrogen and oxygen atoms in total. The molecule has 1 aliphatic rings. The minimum atomic E-state index is 1.31. The SMILES string of the molecule is [SiH3]C1=CCCCC1. The third kappa shape index (κ3) is 1.47. The van der Waals surface area contributed by atoms with E-state index in [-0.39, 0.29) is 0 Å². The van der Waals surface area contributed by atoms with E-state index < -0.39 is 0 Å². The predicted molar refractivity (Wildman–Crippen MR) is 36.5 cm³/mol. The fraction of sp³-hybridized carbons (Fsp3) is 0.667. The molecule has 0 amide bonds. The molecule has 0 heterocycles. The molecule has 0 unspecified atom stereocenters.